The smallest absolute Gasteiger partial charge is 0.296 e. The Bertz CT molecular complexity index is 151. The highest BCUT2D eigenvalue weighted by Crippen LogP contribution is 1.42. The molecule has 10 heavy (non-hydrogen) atoms. The monoisotopic (exact) mass is 147 g/mol. The van der Waals surface area contributed by atoms with Crippen LogP contribution in [-0.2, 0) is 0 Å². The third-order valence-corrected chi connectivity index (χ3v) is 0.426. The molecule has 1 aromatic heterocycles. The molecule has 0 saturated carbocycles. The summed E-state index contributed by atoms with van der Waals surface area (Å²) in [4.78, 5) is 12.2. The second-order valence-corrected chi connectivity index (χ2v) is 0.843. The molecule has 2 N–H and O–H groups in total. The highest BCUT2D eigenvalue weighted by atomic mass is 16.1. The number of nitrogens with one attached hydrogen (secondary N) is 2. The molecule has 0 fully saturated rings. The van der Waals surface area contributed by atoms with Gasteiger partial charge in [-0.25, -0.2) is 9.89 Å². The summed E-state index contributed by atoms with van der Waals surface area (Å²) in [6.07, 6.45) is 1.29. The van der Waals surface area contributed by atoms with Crippen LogP contribution in [0.15, 0.2) is 11.1 Å². The van der Waals surface area contributed by atoms with Gasteiger partial charge in [-0.1, -0.05) is 28.7 Å². The molecule has 1 aromatic rings. The zero-order valence-corrected chi connectivity index (χ0v) is 4.93. The number of nitrogens with zero attached hydrogens (tertiary/aromatic N) is 1. The number of aromatic nitrogens is 3. The van der Waals surface area contributed by atoms with E-state index in [2.05, 4.69) is 15.2 Å². The highest BCUT2D eigenvalue weighted by molar-refractivity contribution is 4.48. The summed E-state index contributed by atoms with van der Waals surface area (Å²) in [5.41, 5.74) is -0.269. The molecule has 0 amide bonds. The normalized spacial score (nSPS) is 5.80. The van der Waals surface area contributed by atoms with Crippen LogP contribution < -0.4 is 5.69 Å². The summed E-state index contributed by atoms with van der Waals surface area (Å²) < 4.78 is 0. The molecular weight excluding hydrogens is 130 g/mol. The van der Waals surface area contributed by atoms with E-state index in [4.69, 9.17) is 0 Å². The van der Waals surface area contributed by atoms with Crippen LogP contribution in [0.4, 0.5) is 0 Å². The molecule has 62 valence electrons. The number of rotatable bonds is 0. The predicted molar refractivity (Wildman–Crippen MR) is 44.0 cm³/mol. The zero-order chi connectivity index (χ0) is 6.41. The van der Waals surface area contributed by atoms with E-state index in [1.807, 2.05) is 13.8 Å². The quantitative estimate of drug-likeness (QED) is 0.582. The summed E-state index contributed by atoms with van der Waals surface area (Å²) in [5, 5.41) is 5.47. The van der Waals surface area contributed by atoms with Gasteiger partial charge in [0, 0.05) is 0 Å². The minimum atomic E-state index is -0.269. The molecule has 0 aliphatic heterocycles. The molecule has 0 aliphatic rings. The van der Waals surface area contributed by atoms with Crippen LogP contribution in [0, 0.1) is 0 Å². The van der Waals surface area contributed by atoms with E-state index in [0.29, 0.717) is 0 Å². The zero-order valence-electron chi connectivity index (χ0n) is 4.93. The molecule has 4 heteroatoms. The fraction of sp³-hybridized carbons (Fsp3) is 0.667. The van der Waals surface area contributed by atoms with Crippen LogP contribution in [0.2, 0.25) is 0 Å². The fourth-order valence-electron chi connectivity index (χ4n) is 0.214. The topological polar surface area (TPSA) is 61.5 Å². The van der Waals surface area contributed by atoms with Crippen molar-refractivity contribution < 1.29 is 0 Å². The maximum atomic E-state index is 9.90. The van der Waals surface area contributed by atoms with Gasteiger partial charge < -0.3 is 0 Å². The Hall–Kier alpha value is -1.06. The van der Waals surface area contributed by atoms with Crippen LogP contribution in [0.5, 0.6) is 0 Å². The van der Waals surface area contributed by atoms with Gasteiger partial charge in [-0.3, -0.25) is 4.98 Å². The molecule has 0 aliphatic carbocycles. The molecule has 0 spiro atoms. The number of hydrogen-bond donors (Lipinski definition) is 2. The number of aromatic amines is 2. The average molecular weight is 147 g/mol. The molecule has 0 unspecified atom stereocenters. The summed E-state index contributed by atoms with van der Waals surface area (Å²) in [5.74, 6) is 0. The summed E-state index contributed by atoms with van der Waals surface area (Å²) in [6, 6.07) is 0. The van der Waals surface area contributed by atoms with Crippen molar-refractivity contribution in [3.8, 4) is 0 Å². The lowest BCUT2D eigenvalue weighted by atomic mass is 11.0. The first-order valence-corrected chi connectivity index (χ1v) is 2.47. The molecule has 1 rings (SSSR count). The Labute approximate surface area is 61.7 Å². The maximum absolute atomic E-state index is 9.90. The van der Waals surface area contributed by atoms with E-state index in [-0.39, 0.29) is 20.5 Å². The van der Waals surface area contributed by atoms with Crippen molar-refractivity contribution in [3.05, 3.63) is 16.8 Å². The molecule has 0 radical (unpaired) electrons. The van der Waals surface area contributed by atoms with Crippen molar-refractivity contribution in [2.75, 3.05) is 0 Å². The van der Waals surface area contributed by atoms with Crippen LogP contribution >= 0.6 is 0 Å². The first-order chi connectivity index (χ1) is 3.89. The lowest BCUT2D eigenvalue weighted by molar-refractivity contribution is 1.05. The molecule has 1 heterocycles. The summed E-state index contributed by atoms with van der Waals surface area (Å²) >= 11 is 0. The minimum Gasteiger partial charge on any atom is -0.296 e. The molecule has 0 saturated heterocycles. The SMILES string of the molecule is C.C.CC.O=c1[nH]cn[nH]1. The van der Waals surface area contributed by atoms with E-state index in [0.717, 1.165) is 0 Å². The summed E-state index contributed by atoms with van der Waals surface area (Å²) in [7, 11) is 0. The Kier molecular flexibility index (Phi) is 17.3. The van der Waals surface area contributed by atoms with Gasteiger partial charge in [0.1, 0.15) is 6.33 Å². The molecule has 4 nitrogen and oxygen atoms in total. The number of H-pyrrole nitrogens is 2. The molecule has 0 atom stereocenters. The average Bonchev–Trinajstić information content (AvgIpc) is 2.24. The lowest BCUT2D eigenvalue weighted by Gasteiger charge is -1.49. The van der Waals surface area contributed by atoms with Crippen LogP contribution in [0.3, 0.4) is 0 Å². The predicted octanol–water partition coefficient (Wildman–Crippen LogP) is 1.40. The fourth-order valence-corrected chi connectivity index (χ4v) is 0.214. The van der Waals surface area contributed by atoms with Crippen molar-refractivity contribution >= 4 is 0 Å². The Morgan fingerprint density at radius 1 is 1.40 bits per heavy atom. The lowest BCUT2D eigenvalue weighted by Crippen LogP contribution is -1.99. The Balaban J connectivity index is -0.000000114. The molecular formula is C6H17N3O. The van der Waals surface area contributed by atoms with E-state index >= 15 is 0 Å². The second kappa shape index (κ2) is 10.8. The van der Waals surface area contributed by atoms with Gasteiger partial charge >= 0.3 is 5.69 Å². The Morgan fingerprint density at radius 2 is 1.90 bits per heavy atom. The van der Waals surface area contributed by atoms with Crippen LogP contribution in [-0.4, -0.2) is 15.2 Å². The Morgan fingerprint density at radius 3 is 2.00 bits per heavy atom. The van der Waals surface area contributed by atoms with Crippen molar-refractivity contribution in [2.24, 2.45) is 0 Å². The van der Waals surface area contributed by atoms with Gasteiger partial charge in [-0.2, -0.15) is 5.10 Å². The van der Waals surface area contributed by atoms with Crippen molar-refractivity contribution in [3.63, 3.8) is 0 Å². The number of hydrogen-bond acceptors (Lipinski definition) is 2. The van der Waals surface area contributed by atoms with E-state index in [9.17, 15) is 4.79 Å². The van der Waals surface area contributed by atoms with Gasteiger partial charge in [0.25, 0.3) is 0 Å². The van der Waals surface area contributed by atoms with Gasteiger partial charge in [0.2, 0.25) is 0 Å². The highest BCUT2D eigenvalue weighted by Gasteiger charge is 1.70. The van der Waals surface area contributed by atoms with E-state index < -0.39 is 0 Å². The van der Waals surface area contributed by atoms with Crippen molar-refractivity contribution in [1.82, 2.24) is 15.2 Å². The minimum absolute atomic E-state index is 0. The third kappa shape index (κ3) is 6.94. The van der Waals surface area contributed by atoms with Gasteiger partial charge in [0.05, 0.1) is 0 Å². The van der Waals surface area contributed by atoms with Gasteiger partial charge in [-0.05, 0) is 0 Å². The third-order valence-electron chi connectivity index (χ3n) is 0.426. The van der Waals surface area contributed by atoms with E-state index in [1.54, 1.807) is 0 Å². The second-order valence-electron chi connectivity index (χ2n) is 0.843. The standard InChI is InChI=1S/C2H3N3O.C2H6.2CH4/c6-2-3-1-4-5-2;1-2;;/h1H,(H2,3,4,5,6);1-2H3;2*1H4. The summed E-state index contributed by atoms with van der Waals surface area (Å²) in [6.45, 7) is 4.00. The van der Waals surface area contributed by atoms with Crippen molar-refractivity contribution in [2.45, 2.75) is 28.7 Å². The first kappa shape index (κ1) is 16.0. The van der Waals surface area contributed by atoms with Crippen LogP contribution in [0.25, 0.3) is 0 Å². The van der Waals surface area contributed by atoms with E-state index in [1.165, 1.54) is 6.33 Å². The maximum Gasteiger partial charge on any atom is 0.340 e. The van der Waals surface area contributed by atoms with Crippen LogP contribution in [0.1, 0.15) is 28.7 Å². The largest absolute Gasteiger partial charge is 0.340 e. The first-order valence-electron chi connectivity index (χ1n) is 2.47. The van der Waals surface area contributed by atoms with Gasteiger partial charge in [0.15, 0.2) is 0 Å². The van der Waals surface area contributed by atoms with Crippen molar-refractivity contribution in [1.29, 1.82) is 0 Å². The van der Waals surface area contributed by atoms with Gasteiger partial charge in [-0.15, -0.1) is 0 Å². The molecule has 0 bridgehead atoms. The molecule has 0 aromatic carbocycles.